The van der Waals surface area contributed by atoms with Crippen molar-refractivity contribution < 1.29 is 9.53 Å². The fraction of sp³-hybridized carbons (Fsp3) is 0.750. The zero-order valence-electron chi connectivity index (χ0n) is 9.05. The Labute approximate surface area is 86.3 Å². The molecule has 2 heteroatoms. The molecule has 0 aliphatic heterocycles. The summed E-state index contributed by atoms with van der Waals surface area (Å²) in [4.78, 5) is 11.2. The van der Waals surface area contributed by atoms with Crippen LogP contribution in [0, 0.1) is 0 Å². The number of hydrogen-bond acceptors (Lipinski definition) is 2. The summed E-state index contributed by atoms with van der Waals surface area (Å²) in [6, 6.07) is 0. The third-order valence-electron chi connectivity index (χ3n) is 2.60. The summed E-state index contributed by atoms with van der Waals surface area (Å²) >= 11 is 0. The van der Waals surface area contributed by atoms with Crippen molar-refractivity contribution in [3.8, 4) is 0 Å². The highest BCUT2D eigenvalue weighted by Gasteiger charge is 2.05. The van der Waals surface area contributed by atoms with Gasteiger partial charge in [-0.3, -0.25) is 0 Å². The predicted molar refractivity (Wildman–Crippen MR) is 57.0 cm³/mol. The Hall–Kier alpha value is -0.790. The van der Waals surface area contributed by atoms with E-state index in [1.54, 1.807) is 6.08 Å². The van der Waals surface area contributed by atoms with Gasteiger partial charge in [-0.2, -0.15) is 0 Å². The van der Waals surface area contributed by atoms with E-state index >= 15 is 0 Å². The third-order valence-corrected chi connectivity index (χ3v) is 2.60. The minimum atomic E-state index is -0.164. The zero-order valence-corrected chi connectivity index (χ0v) is 9.05. The van der Waals surface area contributed by atoms with Gasteiger partial charge in [0.25, 0.3) is 0 Å². The van der Waals surface area contributed by atoms with Crippen LogP contribution in [0.2, 0.25) is 0 Å². The quantitative estimate of drug-likeness (QED) is 0.500. The highest BCUT2D eigenvalue weighted by Crippen LogP contribution is 2.21. The number of hydrogen-bond donors (Lipinski definition) is 0. The Balaban J connectivity index is 2.41. The smallest absolute Gasteiger partial charge is 0.330 e. The molecule has 0 unspecified atom stereocenters. The van der Waals surface area contributed by atoms with Gasteiger partial charge in [0.1, 0.15) is 0 Å². The molecule has 1 saturated carbocycles. The van der Waals surface area contributed by atoms with Crippen LogP contribution in [0.4, 0.5) is 0 Å². The second-order valence-corrected chi connectivity index (χ2v) is 3.82. The summed E-state index contributed by atoms with van der Waals surface area (Å²) in [6.45, 7) is 2.32. The molecule has 1 fully saturated rings. The van der Waals surface area contributed by atoms with Crippen LogP contribution < -0.4 is 0 Å². The zero-order chi connectivity index (χ0) is 10.2. The summed E-state index contributed by atoms with van der Waals surface area (Å²) in [5.41, 5.74) is 1.28. The van der Waals surface area contributed by atoms with E-state index in [4.69, 9.17) is 4.74 Å². The molecule has 80 valence electrons. The summed E-state index contributed by atoms with van der Waals surface area (Å²) < 4.78 is 4.90. The molecule has 2 nitrogen and oxygen atoms in total. The number of ether oxygens (including phenoxy) is 1. The van der Waals surface area contributed by atoms with E-state index in [1.165, 1.54) is 37.7 Å². The van der Waals surface area contributed by atoms with Crippen molar-refractivity contribution in [1.29, 1.82) is 0 Å². The Morgan fingerprint density at radius 1 is 1.21 bits per heavy atom. The van der Waals surface area contributed by atoms with Crippen LogP contribution in [-0.4, -0.2) is 12.6 Å². The van der Waals surface area contributed by atoms with Gasteiger partial charge < -0.3 is 4.74 Å². The minimum Gasteiger partial charge on any atom is -0.463 e. The predicted octanol–water partition coefficient (Wildman–Crippen LogP) is 3.22. The average molecular weight is 196 g/mol. The van der Waals surface area contributed by atoms with E-state index in [9.17, 15) is 4.79 Å². The van der Waals surface area contributed by atoms with Gasteiger partial charge >= 0.3 is 5.97 Å². The van der Waals surface area contributed by atoms with Crippen molar-refractivity contribution in [3.63, 3.8) is 0 Å². The van der Waals surface area contributed by atoms with Gasteiger partial charge in [-0.15, -0.1) is 0 Å². The Bertz CT molecular complexity index is 196. The lowest BCUT2D eigenvalue weighted by atomic mass is 9.96. The topological polar surface area (TPSA) is 26.3 Å². The molecular weight excluding hydrogens is 176 g/mol. The van der Waals surface area contributed by atoms with Crippen molar-refractivity contribution in [2.45, 2.75) is 51.9 Å². The fourth-order valence-corrected chi connectivity index (χ4v) is 1.85. The third kappa shape index (κ3) is 4.45. The van der Waals surface area contributed by atoms with Crippen LogP contribution in [0.5, 0.6) is 0 Å². The first-order valence-corrected chi connectivity index (χ1v) is 5.69. The van der Waals surface area contributed by atoms with Crippen molar-refractivity contribution in [2.75, 3.05) is 6.61 Å². The lowest BCUT2D eigenvalue weighted by Gasteiger charge is -2.11. The average Bonchev–Trinajstić information content (AvgIpc) is 2.10. The number of rotatable bonds is 2. The Kier molecular flexibility index (Phi) is 5.35. The standard InChI is InChI=1S/C12H20O2/c1-2-14-12(13)10-11-8-6-4-3-5-7-9-11/h10H,2-9H2,1H3. The first-order chi connectivity index (χ1) is 6.83. The first-order valence-electron chi connectivity index (χ1n) is 5.69. The molecule has 0 aromatic heterocycles. The van der Waals surface area contributed by atoms with Crippen molar-refractivity contribution in [2.24, 2.45) is 0 Å². The van der Waals surface area contributed by atoms with Gasteiger partial charge in [-0.25, -0.2) is 4.79 Å². The molecule has 0 spiro atoms. The minimum absolute atomic E-state index is 0.164. The number of carbonyl (C=O) groups is 1. The molecule has 0 aromatic carbocycles. The normalized spacial score (nSPS) is 18.2. The molecule has 1 aliphatic carbocycles. The van der Waals surface area contributed by atoms with E-state index in [-0.39, 0.29) is 5.97 Å². The van der Waals surface area contributed by atoms with Gasteiger partial charge in [-0.1, -0.05) is 24.8 Å². The van der Waals surface area contributed by atoms with Crippen LogP contribution in [0.15, 0.2) is 11.6 Å². The first kappa shape index (κ1) is 11.3. The van der Waals surface area contributed by atoms with E-state index in [1.807, 2.05) is 6.92 Å². The SMILES string of the molecule is CCOC(=O)C=C1CCCCCCC1. The van der Waals surface area contributed by atoms with Crippen molar-refractivity contribution in [3.05, 3.63) is 11.6 Å². The number of esters is 1. The molecule has 1 aliphatic rings. The maximum Gasteiger partial charge on any atom is 0.330 e. The van der Waals surface area contributed by atoms with Crippen LogP contribution in [0.3, 0.4) is 0 Å². The van der Waals surface area contributed by atoms with E-state index in [0.29, 0.717) is 6.61 Å². The molecule has 0 aromatic rings. The van der Waals surface area contributed by atoms with Gasteiger partial charge in [0.05, 0.1) is 6.61 Å². The van der Waals surface area contributed by atoms with Crippen LogP contribution in [-0.2, 0) is 9.53 Å². The monoisotopic (exact) mass is 196 g/mol. The molecule has 0 atom stereocenters. The summed E-state index contributed by atoms with van der Waals surface area (Å²) in [6.07, 6.45) is 10.3. The second kappa shape index (κ2) is 6.63. The lowest BCUT2D eigenvalue weighted by Crippen LogP contribution is -2.02. The summed E-state index contributed by atoms with van der Waals surface area (Å²) in [5.74, 6) is -0.164. The van der Waals surface area contributed by atoms with Gasteiger partial charge in [0, 0.05) is 6.08 Å². The van der Waals surface area contributed by atoms with Crippen LogP contribution in [0.1, 0.15) is 51.9 Å². The number of carbonyl (C=O) groups excluding carboxylic acids is 1. The molecule has 0 radical (unpaired) electrons. The molecule has 0 bridgehead atoms. The van der Waals surface area contributed by atoms with E-state index in [2.05, 4.69) is 0 Å². The maximum absolute atomic E-state index is 11.2. The van der Waals surface area contributed by atoms with Gasteiger partial charge in [0.15, 0.2) is 0 Å². The van der Waals surface area contributed by atoms with Gasteiger partial charge in [0.2, 0.25) is 0 Å². The molecule has 14 heavy (non-hydrogen) atoms. The Morgan fingerprint density at radius 3 is 2.36 bits per heavy atom. The highest BCUT2D eigenvalue weighted by atomic mass is 16.5. The van der Waals surface area contributed by atoms with Gasteiger partial charge in [-0.05, 0) is 32.6 Å². The molecule has 0 N–H and O–H groups in total. The molecular formula is C12H20O2. The van der Waals surface area contributed by atoms with Crippen molar-refractivity contribution >= 4 is 5.97 Å². The summed E-state index contributed by atoms with van der Waals surface area (Å²) in [5, 5.41) is 0. The van der Waals surface area contributed by atoms with Crippen LogP contribution in [0.25, 0.3) is 0 Å². The maximum atomic E-state index is 11.2. The highest BCUT2D eigenvalue weighted by molar-refractivity contribution is 5.82. The summed E-state index contributed by atoms with van der Waals surface area (Å²) in [7, 11) is 0. The van der Waals surface area contributed by atoms with Crippen molar-refractivity contribution in [1.82, 2.24) is 0 Å². The van der Waals surface area contributed by atoms with E-state index < -0.39 is 0 Å². The largest absolute Gasteiger partial charge is 0.463 e. The molecule has 1 rings (SSSR count). The van der Waals surface area contributed by atoms with E-state index in [0.717, 1.165) is 12.8 Å². The number of allylic oxidation sites excluding steroid dienone is 1. The molecule has 0 saturated heterocycles. The Morgan fingerprint density at radius 2 is 1.79 bits per heavy atom. The fourth-order valence-electron chi connectivity index (χ4n) is 1.85. The molecule has 0 heterocycles. The lowest BCUT2D eigenvalue weighted by molar-refractivity contribution is -0.137. The second-order valence-electron chi connectivity index (χ2n) is 3.82. The van der Waals surface area contributed by atoms with Crippen LogP contribution >= 0.6 is 0 Å². The molecule has 0 amide bonds.